The number of rotatable bonds is 3. The standard InChI is InChI=1S/C13H15F2N3/c1-13(2,16-3)12-7-17-8-18(12)9-4-5-10(14)11(15)6-9/h4-8,16H,1-3H3. The molecular weight excluding hydrogens is 236 g/mol. The highest BCUT2D eigenvalue weighted by molar-refractivity contribution is 5.36. The van der Waals surface area contributed by atoms with Crippen LogP contribution in [0.4, 0.5) is 8.78 Å². The highest BCUT2D eigenvalue weighted by atomic mass is 19.2. The van der Waals surface area contributed by atoms with Crippen molar-refractivity contribution in [3.63, 3.8) is 0 Å². The van der Waals surface area contributed by atoms with Gasteiger partial charge in [0.25, 0.3) is 0 Å². The molecule has 0 radical (unpaired) electrons. The number of hydrogen-bond donors (Lipinski definition) is 1. The molecule has 0 bridgehead atoms. The Bertz CT molecular complexity index is 561. The van der Waals surface area contributed by atoms with Gasteiger partial charge in [0.1, 0.15) is 0 Å². The lowest BCUT2D eigenvalue weighted by Crippen LogP contribution is -2.35. The quantitative estimate of drug-likeness (QED) is 0.908. The van der Waals surface area contributed by atoms with Crippen molar-refractivity contribution in [1.29, 1.82) is 0 Å². The van der Waals surface area contributed by atoms with Crippen LogP contribution in [0.3, 0.4) is 0 Å². The van der Waals surface area contributed by atoms with Gasteiger partial charge in [-0.1, -0.05) is 0 Å². The van der Waals surface area contributed by atoms with Crippen LogP contribution in [-0.4, -0.2) is 16.6 Å². The fourth-order valence-corrected chi connectivity index (χ4v) is 1.73. The van der Waals surface area contributed by atoms with E-state index >= 15 is 0 Å². The molecule has 0 spiro atoms. The van der Waals surface area contributed by atoms with Crippen molar-refractivity contribution in [2.75, 3.05) is 7.05 Å². The molecule has 0 aliphatic carbocycles. The Morgan fingerprint density at radius 1 is 1.22 bits per heavy atom. The van der Waals surface area contributed by atoms with Gasteiger partial charge in [0.05, 0.1) is 23.8 Å². The van der Waals surface area contributed by atoms with Gasteiger partial charge in [-0.3, -0.25) is 0 Å². The number of benzene rings is 1. The third-order valence-corrected chi connectivity index (χ3v) is 3.09. The highest BCUT2D eigenvalue weighted by Gasteiger charge is 2.23. The van der Waals surface area contributed by atoms with Crippen molar-refractivity contribution < 1.29 is 8.78 Å². The average molecular weight is 251 g/mol. The zero-order valence-corrected chi connectivity index (χ0v) is 10.5. The Labute approximate surface area is 104 Å². The van der Waals surface area contributed by atoms with Crippen LogP contribution < -0.4 is 5.32 Å². The second kappa shape index (κ2) is 4.49. The summed E-state index contributed by atoms with van der Waals surface area (Å²) in [4.78, 5) is 4.07. The first kappa shape index (κ1) is 12.7. The van der Waals surface area contributed by atoms with Gasteiger partial charge in [-0.25, -0.2) is 13.8 Å². The fourth-order valence-electron chi connectivity index (χ4n) is 1.73. The third kappa shape index (κ3) is 2.13. The van der Waals surface area contributed by atoms with Gasteiger partial charge < -0.3 is 9.88 Å². The Morgan fingerprint density at radius 3 is 2.56 bits per heavy atom. The number of nitrogens with one attached hydrogen (secondary N) is 1. The molecule has 1 N–H and O–H groups in total. The minimum atomic E-state index is -0.866. The van der Waals surface area contributed by atoms with Gasteiger partial charge in [-0.2, -0.15) is 0 Å². The van der Waals surface area contributed by atoms with E-state index in [0.29, 0.717) is 5.69 Å². The van der Waals surface area contributed by atoms with Gasteiger partial charge in [0.2, 0.25) is 0 Å². The van der Waals surface area contributed by atoms with E-state index in [-0.39, 0.29) is 5.54 Å². The SMILES string of the molecule is CNC(C)(C)c1cncn1-c1ccc(F)c(F)c1. The number of nitrogens with zero attached hydrogens (tertiary/aromatic N) is 2. The van der Waals surface area contributed by atoms with E-state index in [9.17, 15) is 8.78 Å². The molecule has 5 heteroatoms. The van der Waals surface area contributed by atoms with Crippen LogP contribution in [0.25, 0.3) is 5.69 Å². The lowest BCUT2D eigenvalue weighted by molar-refractivity contribution is 0.424. The summed E-state index contributed by atoms with van der Waals surface area (Å²) in [5.74, 6) is -1.72. The van der Waals surface area contributed by atoms with E-state index in [1.807, 2.05) is 20.9 Å². The summed E-state index contributed by atoms with van der Waals surface area (Å²) < 4.78 is 27.9. The molecule has 0 aliphatic rings. The van der Waals surface area contributed by atoms with Crippen LogP contribution in [0, 0.1) is 11.6 Å². The Balaban J connectivity index is 2.52. The molecule has 1 heterocycles. The van der Waals surface area contributed by atoms with Crippen LogP contribution in [0.15, 0.2) is 30.7 Å². The number of halogens is 2. The monoisotopic (exact) mass is 251 g/mol. The van der Waals surface area contributed by atoms with Crippen molar-refractivity contribution in [2.45, 2.75) is 19.4 Å². The molecule has 0 saturated carbocycles. The molecule has 2 aromatic rings. The summed E-state index contributed by atoms with van der Waals surface area (Å²) in [7, 11) is 1.84. The minimum absolute atomic E-state index is 0.318. The van der Waals surface area contributed by atoms with Gasteiger partial charge in [0.15, 0.2) is 11.6 Å². The molecule has 0 amide bonds. The van der Waals surface area contributed by atoms with Crippen molar-refractivity contribution >= 4 is 0 Å². The topological polar surface area (TPSA) is 29.9 Å². The molecule has 1 aromatic heterocycles. The zero-order chi connectivity index (χ0) is 13.3. The summed E-state index contributed by atoms with van der Waals surface area (Å²) in [5.41, 5.74) is 1.10. The number of aromatic nitrogens is 2. The van der Waals surface area contributed by atoms with E-state index in [1.54, 1.807) is 17.1 Å². The Kier molecular flexibility index (Phi) is 3.17. The third-order valence-electron chi connectivity index (χ3n) is 3.09. The summed E-state index contributed by atoms with van der Waals surface area (Å²) in [6.45, 7) is 3.97. The fraction of sp³-hybridized carbons (Fsp3) is 0.308. The smallest absolute Gasteiger partial charge is 0.160 e. The lowest BCUT2D eigenvalue weighted by atomic mass is 10.0. The van der Waals surface area contributed by atoms with Crippen LogP contribution in [0.5, 0.6) is 0 Å². The van der Waals surface area contributed by atoms with E-state index in [0.717, 1.165) is 17.8 Å². The predicted molar refractivity (Wildman–Crippen MR) is 65.6 cm³/mol. The lowest BCUT2D eigenvalue weighted by Gasteiger charge is -2.25. The molecule has 0 saturated heterocycles. The summed E-state index contributed by atoms with van der Waals surface area (Å²) in [5, 5.41) is 3.15. The first-order chi connectivity index (χ1) is 8.45. The van der Waals surface area contributed by atoms with Crippen LogP contribution in [0.2, 0.25) is 0 Å². The molecule has 0 unspecified atom stereocenters. The molecule has 0 fully saturated rings. The zero-order valence-electron chi connectivity index (χ0n) is 10.5. The minimum Gasteiger partial charge on any atom is -0.310 e. The Morgan fingerprint density at radius 2 is 1.94 bits per heavy atom. The van der Waals surface area contributed by atoms with Crippen molar-refractivity contribution in [3.05, 3.63) is 48.1 Å². The largest absolute Gasteiger partial charge is 0.310 e. The van der Waals surface area contributed by atoms with E-state index in [4.69, 9.17) is 0 Å². The highest BCUT2D eigenvalue weighted by Crippen LogP contribution is 2.23. The second-order valence-corrected chi connectivity index (χ2v) is 4.62. The van der Waals surface area contributed by atoms with E-state index < -0.39 is 11.6 Å². The van der Waals surface area contributed by atoms with Crippen molar-refractivity contribution in [1.82, 2.24) is 14.9 Å². The van der Waals surface area contributed by atoms with Crippen molar-refractivity contribution in [3.8, 4) is 5.69 Å². The van der Waals surface area contributed by atoms with Crippen LogP contribution >= 0.6 is 0 Å². The van der Waals surface area contributed by atoms with E-state index in [2.05, 4.69) is 10.3 Å². The van der Waals surface area contributed by atoms with E-state index in [1.165, 1.54) is 6.07 Å². The maximum absolute atomic E-state index is 13.3. The first-order valence-corrected chi connectivity index (χ1v) is 5.63. The molecule has 0 aliphatic heterocycles. The first-order valence-electron chi connectivity index (χ1n) is 5.63. The molecule has 3 nitrogen and oxygen atoms in total. The summed E-state index contributed by atoms with van der Waals surface area (Å²) >= 11 is 0. The molecule has 1 aromatic carbocycles. The predicted octanol–water partition coefficient (Wildman–Crippen LogP) is 2.61. The molecule has 96 valence electrons. The average Bonchev–Trinajstić information content (AvgIpc) is 2.82. The molecule has 2 rings (SSSR count). The molecular formula is C13H15F2N3. The van der Waals surface area contributed by atoms with Gasteiger partial charge in [-0.05, 0) is 33.0 Å². The maximum atomic E-state index is 13.3. The second-order valence-electron chi connectivity index (χ2n) is 4.62. The van der Waals surface area contributed by atoms with Gasteiger partial charge >= 0.3 is 0 Å². The van der Waals surface area contributed by atoms with Crippen molar-refractivity contribution in [2.24, 2.45) is 0 Å². The van der Waals surface area contributed by atoms with Crippen LogP contribution in [-0.2, 0) is 5.54 Å². The van der Waals surface area contributed by atoms with Gasteiger partial charge in [-0.15, -0.1) is 0 Å². The molecule has 0 atom stereocenters. The number of imidazole rings is 1. The normalized spacial score (nSPS) is 11.8. The van der Waals surface area contributed by atoms with Gasteiger partial charge in [0, 0.05) is 11.8 Å². The number of hydrogen-bond acceptors (Lipinski definition) is 2. The summed E-state index contributed by atoms with van der Waals surface area (Å²) in [6, 6.07) is 3.79. The molecule has 18 heavy (non-hydrogen) atoms. The summed E-state index contributed by atoms with van der Waals surface area (Å²) in [6.07, 6.45) is 3.29. The Hall–Kier alpha value is -1.75. The maximum Gasteiger partial charge on any atom is 0.160 e. The van der Waals surface area contributed by atoms with Crippen LogP contribution in [0.1, 0.15) is 19.5 Å².